The number of carbonyl (C=O) groups excluding carboxylic acids is 1. The van der Waals surface area contributed by atoms with Crippen molar-refractivity contribution in [3.05, 3.63) is 35.9 Å². The number of rotatable bonds is 6. The molecule has 6 heteroatoms. The molecular formula is C14H17ClN4O. The van der Waals surface area contributed by atoms with Crippen LogP contribution in [0.4, 0.5) is 5.69 Å². The Kier molecular flexibility index (Phi) is 5.12. The summed E-state index contributed by atoms with van der Waals surface area (Å²) in [4.78, 5) is 15.8. The van der Waals surface area contributed by atoms with Gasteiger partial charge in [0.2, 0.25) is 5.91 Å². The number of halogens is 1. The van der Waals surface area contributed by atoms with Gasteiger partial charge in [-0.1, -0.05) is 31.4 Å². The second-order valence-corrected chi connectivity index (χ2v) is 4.94. The molecule has 0 saturated carbocycles. The molecule has 106 valence electrons. The topological polar surface area (TPSA) is 59.8 Å². The average molecular weight is 293 g/mol. The van der Waals surface area contributed by atoms with Crippen LogP contribution in [0.1, 0.15) is 32.6 Å². The third-order valence-corrected chi connectivity index (χ3v) is 3.14. The van der Waals surface area contributed by atoms with Gasteiger partial charge >= 0.3 is 0 Å². The molecule has 2 rings (SSSR count). The lowest BCUT2D eigenvalue weighted by atomic mass is 10.2. The van der Waals surface area contributed by atoms with Crippen molar-refractivity contribution in [3.63, 3.8) is 0 Å². The first kappa shape index (κ1) is 14.5. The molecule has 5 nitrogen and oxygen atoms in total. The number of unbranched alkanes of at least 4 members (excludes halogenated alkanes) is 2. The number of anilines is 1. The minimum atomic E-state index is -0.0120. The van der Waals surface area contributed by atoms with Crippen molar-refractivity contribution in [3.8, 4) is 5.69 Å². The molecular weight excluding hydrogens is 276 g/mol. The highest BCUT2D eigenvalue weighted by Crippen LogP contribution is 2.24. The zero-order valence-electron chi connectivity index (χ0n) is 11.3. The second kappa shape index (κ2) is 7.05. The van der Waals surface area contributed by atoms with Gasteiger partial charge in [-0.25, -0.2) is 9.67 Å². The maximum atomic E-state index is 11.9. The van der Waals surface area contributed by atoms with Crippen LogP contribution in [0.15, 0.2) is 30.9 Å². The highest BCUT2D eigenvalue weighted by Gasteiger charge is 2.09. The van der Waals surface area contributed by atoms with E-state index in [1.807, 2.05) is 0 Å². The molecule has 0 aliphatic heterocycles. The molecule has 0 unspecified atom stereocenters. The first-order valence-electron chi connectivity index (χ1n) is 6.65. The van der Waals surface area contributed by atoms with Gasteiger partial charge < -0.3 is 5.32 Å². The van der Waals surface area contributed by atoms with Gasteiger partial charge in [-0.2, -0.15) is 5.10 Å². The molecule has 0 spiro atoms. The number of benzene rings is 1. The standard InChI is InChI=1S/C14H17ClN4O/c1-2-3-4-5-14(20)18-12-8-11(15)6-7-13(12)19-10-16-9-17-19/h6-10H,2-5H2,1H3,(H,18,20). The van der Waals surface area contributed by atoms with Crippen LogP contribution in [0, 0.1) is 0 Å². The maximum Gasteiger partial charge on any atom is 0.224 e. The fourth-order valence-electron chi connectivity index (χ4n) is 1.89. The summed E-state index contributed by atoms with van der Waals surface area (Å²) in [7, 11) is 0. The summed E-state index contributed by atoms with van der Waals surface area (Å²) in [5.41, 5.74) is 1.39. The Morgan fingerprint density at radius 3 is 2.95 bits per heavy atom. The summed E-state index contributed by atoms with van der Waals surface area (Å²) in [6.45, 7) is 2.11. The highest BCUT2D eigenvalue weighted by atomic mass is 35.5. The zero-order valence-corrected chi connectivity index (χ0v) is 12.1. The largest absolute Gasteiger partial charge is 0.324 e. The number of carbonyl (C=O) groups is 1. The number of amides is 1. The molecule has 1 aromatic heterocycles. The fourth-order valence-corrected chi connectivity index (χ4v) is 2.06. The maximum absolute atomic E-state index is 11.9. The zero-order chi connectivity index (χ0) is 14.4. The quantitative estimate of drug-likeness (QED) is 0.830. The van der Waals surface area contributed by atoms with Gasteiger partial charge in [-0.3, -0.25) is 4.79 Å². The van der Waals surface area contributed by atoms with Crippen molar-refractivity contribution in [2.45, 2.75) is 32.6 Å². The number of hydrogen-bond donors (Lipinski definition) is 1. The van der Waals surface area contributed by atoms with Crippen molar-refractivity contribution >= 4 is 23.2 Å². The molecule has 0 aliphatic rings. The van der Waals surface area contributed by atoms with Gasteiger partial charge in [-0.05, 0) is 24.6 Å². The van der Waals surface area contributed by atoms with Crippen molar-refractivity contribution in [1.82, 2.24) is 14.8 Å². The van der Waals surface area contributed by atoms with E-state index in [0.29, 0.717) is 17.1 Å². The number of nitrogens with zero attached hydrogens (tertiary/aromatic N) is 3. The Labute approximate surface area is 123 Å². The lowest BCUT2D eigenvalue weighted by Gasteiger charge is -2.11. The van der Waals surface area contributed by atoms with Crippen LogP contribution in [0.25, 0.3) is 5.69 Å². The summed E-state index contributed by atoms with van der Waals surface area (Å²) >= 11 is 5.99. The predicted octanol–water partition coefficient (Wildman–Crippen LogP) is 3.44. The third-order valence-electron chi connectivity index (χ3n) is 2.91. The van der Waals surface area contributed by atoms with Crippen molar-refractivity contribution in [2.75, 3.05) is 5.32 Å². The average Bonchev–Trinajstić information content (AvgIpc) is 2.93. The van der Waals surface area contributed by atoms with E-state index < -0.39 is 0 Å². The molecule has 2 aromatic rings. The van der Waals surface area contributed by atoms with Crippen LogP contribution < -0.4 is 5.32 Å². The van der Waals surface area contributed by atoms with Crippen molar-refractivity contribution < 1.29 is 4.79 Å². The van der Waals surface area contributed by atoms with Gasteiger partial charge in [-0.15, -0.1) is 0 Å². The number of nitrogens with one attached hydrogen (secondary N) is 1. The SMILES string of the molecule is CCCCCC(=O)Nc1cc(Cl)ccc1-n1cncn1. The summed E-state index contributed by atoms with van der Waals surface area (Å²) < 4.78 is 1.60. The molecule has 0 bridgehead atoms. The fraction of sp³-hybridized carbons (Fsp3) is 0.357. The summed E-state index contributed by atoms with van der Waals surface area (Å²) in [5.74, 6) is -0.0120. The normalized spacial score (nSPS) is 10.5. The number of hydrogen-bond acceptors (Lipinski definition) is 3. The summed E-state index contributed by atoms with van der Waals surface area (Å²) in [6.07, 6.45) is 6.57. The minimum absolute atomic E-state index is 0.0120. The van der Waals surface area contributed by atoms with Crippen LogP contribution in [0.5, 0.6) is 0 Å². The Morgan fingerprint density at radius 2 is 2.25 bits per heavy atom. The Balaban J connectivity index is 2.14. The van der Waals surface area contributed by atoms with Crippen LogP contribution in [-0.2, 0) is 4.79 Å². The molecule has 0 radical (unpaired) electrons. The van der Waals surface area contributed by atoms with E-state index in [9.17, 15) is 4.79 Å². The van der Waals surface area contributed by atoms with Crippen molar-refractivity contribution in [1.29, 1.82) is 0 Å². The Hall–Kier alpha value is -1.88. The molecule has 0 saturated heterocycles. The van der Waals surface area contributed by atoms with Crippen LogP contribution in [0.2, 0.25) is 5.02 Å². The molecule has 1 heterocycles. The molecule has 20 heavy (non-hydrogen) atoms. The van der Waals surface area contributed by atoms with Crippen molar-refractivity contribution in [2.24, 2.45) is 0 Å². The van der Waals surface area contributed by atoms with Gasteiger partial charge in [0.05, 0.1) is 11.4 Å². The van der Waals surface area contributed by atoms with E-state index in [0.717, 1.165) is 24.9 Å². The highest BCUT2D eigenvalue weighted by molar-refractivity contribution is 6.31. The van der Waals surface area contributed by atoms with E-state index >= 15 is 0 Å². The molecule has 0 atom stereocenters. The molecule has 0 aliphatic carbocycles. The van der Waals surface area contributed by atoms with Crippen LogP contribution >= 0.6 is 11.6 Å². The third kappa shape index (κ3) is 3.81. The summed E-state index contributed by atoms with van der Waals surface area (Å²) in [5, 5.41) is 7.52. The van der Waals surface area contributed by atoms with E-state index in [2.05, 4.69) is 22.3 Å². The Bertz CT molecular complexity index is 569. The van der Waals surface area contributed by atoms with Gasteiger partial charge in [0.1, 0.15) is 12.7 Å². The molecule has 1 amide bonds. The predicted molar refractivity (Wildman–Crippen MR) is 79.1 cm³/mol. The van der Waals surface area contributed by atoms with Gasteiger partial charge in [0.25, 0.3) is 0 Å². The smallest absolute Gasteiger partial charge is 0.224 e. The lowest BCUT2D eigenvalue weighted by Crippen LogP contribution is -2.13. The van der Waals surface area contributed by atoms with Gasteiger partial charge in [0.15, 0.2) is 0 Å². The lowest BCUT2D eigenvalue weighted by molar-refractivity contribution is -0.116. The van der Waals surface area contributed by atoms with E-state index in [-0.39, 0.29) is 5.91 Å². The number of aromatic nitrogens is 3. The molecule has 0 fully saturated rings. The van der Waals surface area contributed by atoms with E-state index in [1.165, 1.54) is 6.33 Å². The van der Waals surface area contributed by atoms with Crippen LogP contribution in [0.3, 0.4) is 0 Å². The monoisotopic (exact) mass is 292 g/mol. The van der Waals surface area contributed by atoms with E-state index in [4.69, 9.17) is 11.6 Å². The molecule has 1 aromatic carbocycles. The Morgan fingerprint density at radius 1 is 1.40 bits per heavy atom. The molecule has 1 N–H and O–H groups in total. The summed E-state index contributed by atoms with van der Waals surface area (Å²) in [6, 6.07) is 5.28. The van der Waals surface area contributed by atoms with Crippen LogP contribution in [-0.4, -0.2) is 20.7 Å². The first-order chi connectivity index (χ1) is 9.70. The van der Waals surface area contributed by atoms with E-state index in [1.54, 1.807) is 29.2 Å². The minimum Gasteiger partial charge on any atom is -0.324 e. The first-order valence-corrected chi connectivity index (χ1v) is 7.03. The second-order valence-electron chi connectivity index (χ2n) is 4.51. The van der Waals surface area contributed by atoms with Gasteiger partial charge in [0, 0.05) is 11.4 Å².